The molecule has 0 aliphatic carbocycles. The van der Waals surface area contributed by atoms with Gasteiger partial charge in [0.1, 0.15) is 0 Å². The maximum absolute atomic E-state index is 12.1. The van der Waals surface area contributed by atoms with Crippen molar-refractivity contribution in [2.24, 2.45) is 5.92 Å². The minimum atomic E-state index is -0.336. The Morgan fingerprint density at radius 1 is 1.35 bits per heavy atom. The summed E-state index contributed by atoms with van der Waals surface area (Å²) >= 11 is 0. The molecular formula is C16H24N4O3. The Balaban J connectivity index is 1.63. The van der Waals surface area contributed by atoms with Crippen LogP contribution < -0.4 is 10.8 Å². The van der Waals surface area contributed by atoms with Crippen LogP contribution in [0.5, 0.6) is 0 Å². The van der Waals surface area contributed by atoms with Crippen molar-refractivity contribution in [1.29, 1.82) is 0 Å². The molecule has 2 heterocycles. The summed E-state index contributed by atoms with van der Waals surface area (Å²) in [6, 6.07) is 3.75. The molecule has 0 saturated carbocycles. The molecule has 0 unspecified atom stereocenters. The second-order valence-corrected chi connectivity index (χ2v) is 5.88. The Morgan fingerprint density at radius 3 is 2.78 bits per heavy atom. The number of hydrogen-bond acceptors (Lipinski definition) is 4. The van der Waals surface area contributed by atoms with E-state index in [0.717, 1.165) is 44.3 Å². The summed E-state index contributed by atoms with van der Waals surface area (Å²) in [5, 5.41) is 11.4. The molecule has 0 bridgehead atoms. The standard InChI is InChI=1S/C16H24N4O3/c21-15(19-23)5-1-3-13-6-9-20(10-7-13)16(22)18-12-14-4-2-8-17-11-14/h2,4,8,11,13,23H,1,3,5-7,9-10,12H2,(H,18,22)(H,19,21). The van der Waals surface area contributed by atoms with E-state index in [2.05, 4.69) is 10.3 Å². The molecule has 7 heteroatoms. The SMILES string of the molecule is O=C(CCCC1CCN(C(=O)NCc2cccnc2)CC1)NO. The lowest BCUT2D eigenvalue weighted by atomic mass is 9.91. The number of likely N-dealkylation sites (tertiary alicyclic amines) is 1. The molecule has 126 valence electrons. The third-order valence-electron chi connectivity index (χ3n) is 4.21. The number of nitrogens with one attached hydrogen (secondary N) is 2. The predicted octanol–water partition coefficient (Wildman–Crippen LogP) is 1.68. The number of pyridine rings is 1. The maximum Gasteiger partial charge on any atom is 0.317 e. The van der Waals surface area contributed by atoms with Gasteiger partial charge in [-0.3, -0.25) is 15.0 Å². The van der Waals surface area contributed by atoms with Gasteiger partial charge in [0, 0.05) is 38.4 Å². The summed E-state index contributed by atoms with van der Waals surface area (Å²) in [4.78, 5) is 29.0. The zero-order valence-electron chi connectivity index (χ0n) is 13.2. The van der Waals surface area contributed by atoms with E-state index >= 15 is 0 Å². The van der Waals surface area contributed by atoms with E-state index in [0.29, 0.717) is 18.9 Å². The van der Waals surface area contributed by atoms with Gasteiger partial charge in [-0.15, -0.1) is 0 Å². The summed E-state index contributed by atoms with van der Waals surface area (Å²) < 4.78 is 0. The quantitative estimate of drug-likeness (QED) is 0.549. The van der Waals surface area contributed by atoms with Crippen LogP contribution in [0.4, 0.5) is 4.79 Å². The lowest BCUT2D eigenvalue weighted by Gasteiger charge is -2.32. The normalized spacial score (nSPS) is 15.3. The van der Waals surface area contributed by atoms with Crippen LogP contribution in [0, 0.1) is 5.92 Å². The highest BCUT2D eigenvalue weighted by Crippen LogP contribution is 2.22. The molecule has 1 saturated heterocycles. The smallest absolute Gasteiger partial charge is 0.317 e. The molecule has 1 aromatic rings. The van der Waals surface area contributed by atoms with Crippen LogP contribution in [0.25, 0.3) is 0 Å². The van der Waals surface area contributed by atoms with E-state index in [9.17, 15) is 9.59 Å². The van der Waals surface area contributed by atoms with Crippen LogP contribution in [0.1, 0.15) is 37.7 Å². The number of piperidine rings is 1. The van der Waals surface area contributed by atoms with Gasteiger partial charge in [0.2, 0.25) is 5.91 Å². The Bertz CT molecular complexity index is 501. The molecule has 0 spiro atoms. The Kier molecular flexibility index (Phi) is 6.80. The largest absolute Gasteiger partial charge is 0.334 e. The fraction of sp³-hybridized carbons (Fsp3) is 0.562. The zero-order valence-corrected chi connectivity index (χ0v) is 13.2. The van der Waals surface area contributed by atoms with E-state index in [1.165, 1.54) is 0 Å². The first-order valence-electron chi connectivity index (χ1n) is 8.03. The molecule has 0 atom stereocenters. The van der Waals surface area contributed by atoms with Gasteiger partial charge in [-0.2, -0.15) is 0 Å². The fourth-order valence-corrected chi connectivity index (χ4v) is 2.82. The van der Waals surface area contributed by atoms with E-state index in [4.69, 9.17) is 5.21 Å². The highest BCUT2D eigenvalue weighted by atomic mass is 16.5. The first-order chi connectivity index (χ1) is 11.2. The van der Waals surface area contributed by atoms with Crippen LogP contribution in [0.15, 0.2) is 24.5 Å². The van der Waals surface area contributed by atoms with E-state index < -0.39 is 0 Å². The first kappa shape index (κ1) is 17.2. The van der Waals surface area contributed by atoms with Gasteiger partial charge >= 0.3 is 6.03 Å². The fourth-order valence-electron chi connectivity index (χ4n) is 2.82. The molecule has 3 N–H and O–H groups in total. The molecule has 1 fully saturated rings. The average Bonchev–Trinajstić information content (AvgIpc) is 2.61. The van der Waals surface area contributed by atoms with E-state index in [1.54, 1.807) is 17.9 Å². The summed E-state index contributed by atoms with van der Waals surface area (Å²) in [6.45, 7) is 1.98. The zero-order chi connectivity index (χ0) is 16.5. The van der Waals surface area contributed by atoms with Crippen LogP contribution in [0.3, 0.4) is 0 Å². The number of aromatic nitrogens is 1. The van der Waals surface area contributed by atoms with Crippen molar-refractivity contribution in [3.05, 3.63) is 30.1 Å². The Labute approximate surface area is 136 Å². The number of hydrogen-bond donors (Lipinski definition) is 3. The monoisotopic (exact) mass is 320 g/mol. The maximum atomic E-state index is 12.1. The van der Waals surface area contributed by atoms with Gasteiger partial charge in [-0.05, 0) is 43.2 Å². The predicted molar refractivity (Wildman–Crippen MR) is 84.5 cm³/mol. The Morgan fingerprint density at radius 2 is 2.13 bits per heavy atom. The van der Waals surface area contributed by atoms with Crippen LogP contribution in [0.2, 0.25) is 0 Å². The van der Waals surface area contributed by atoms with Crippen molar-refractivity contribution < 1.29 is 14.8 Å². The molecule has 1 aromatic heterocycles. The highest BCUT2D eigenvalue weighted by Gasteiger charge is 2.22. The third kappa shape index (κ3) is 5.86. The molecular weight excluding hydrogens is 296 g/mol. The molecule has 3 amide bonds. The highest BCUT2D eigenvalue weighted by molar-refractivity contribution is 5.74. The van der Waals surface area contributed by atoms with Crippen molar-refractivity contribution in [2.75, 3.05) is 13.1 Å². The Hall–Kier alpha value is -2.15. The van der Waals surface area contributed by atoms with Crippen molar-refractivity contribution in [3.8, 4) is 0 Å². The van der Waals surface area contributed by atoms with Gasteiger partial charge < -0.3 is 10.2 Å². The van der Waals surface area contributed by atoms with Gasteiger partial charge in [-0.1, -0.05) is 6.07 Å². The summed E-state index contributed by atoms with van der Waals surface area (Å²) in [7, 11) is 0. The van der Waals surface area contributed by atoms with Crippen LogP contribution in [-0.2, 0) is 11.3 Å². The minimum Gasteiger partial charge on any atom is -0.334 e. The van der Waals surface area contributed by atoms with E-state index in [1.807, 2.05) is 17.0 Å². The molecule has 7 nitrogen and oxygen atoms in total. The number of hydroxylamine groups is 1. The minimum absolute atomic E-state index is 0.0352. The molecule has 0 radical (unpaired) electrons. The molecule has 0 aromatic carbocycles. The molecule has 1 aliphatic heterocycles. The lowest BCUT2D eigenvalue weighted by molar-refractivity contribution is -0.129. The number of carbonyl (C=O) groups is 2. The number of nitrogens with zero attached hydrogens (tertiary/aromatic N) is 2. The van der Waals surface area contributed by atoms with Gasteiger partial charge in [-0.25, -0.2) is 10.3 Å². The first-order valence-corrected chi connectivity index (χ1v) is 8.03. The topological polar surface area (TPSA) is 94.6 Å². The summed E-state index contributed by atoms with van der Waals surface area (Å²) in [6.07, 6.45) is 7.45. The van der Waals surface area contributed by atoms with Crippen LogP contribution in [-0.4, -0.2) is 40.1 Å². The number of carbonyl (C=O) groups excluding carboxylic acids is 2. The average molecular weight is 320 g/mol. The van der Waals surface area contributed by atoms with Gasteiger partial charge in [0.05, 0.1) is 0 Å². The van der Waals surface area contributed by atoms with Gasteiger partial charge in [0.15, 0.2) is 0 Å². The van der Waals surface area contributed by atoms with Crippen molar-refractivity contribution >= 4 is 11.9 Å². The second-order valence-electron chi connectivity index (χ2n) is 5.88. The number of rotatable bonds is 6. The number of amides is 3. The second kappa shape index (κ2) is 9.09. The van der Waals surface area contributed by atoms with Gasteiger partial charge in [0.25, 0.3) is 0 Å². The molecule has 23 heavy (non-hydrogen) atoms. The van der Waals surface area contributed by atoms with Crippen molar-refractivity contribution in [3.63, 3.8) is 0 Å². The van der Waals surface area contributed by atoms with Crippen molar-refractivity contribution in [1.82, 2.24) is 20.7 Å². The summed E-state index contributed by atoms with van der Waals surface area (Å²) in [5.74, 6) is 0.209. The van der Waals surface area contributed by atoms with E-state index in [-0.39, 0.29) is 11.9 Å². The third-order valence-corrected chi connectivity index (χ3v) is 4.21. The van der Waals surface area contributed by atoms with Crippen LogP contribution >= 0.6 is 0 Å². The molecule has 2 rings (SSSR count). The number of urea groups is 1. The lowest BCUT2D eigenvalue weighted by Crippen LogP contribution is -2.44. The molecule has 1 aliphatic rings. The van der Waals surface area contributed by atoms with Crippen molar-refractivity contribution in [2.45, 2.75) is 38.6 Å². The summed E-state index contributed by atoms with van der Waals surface area (Å²) in [5.41, 5.74) is 2.63.